The van der Waals surface area contributed by atoms with Gasteiger partial charge in [0.1, 0.15) is 10.6 Å². The lowest BCUT2D eigenvalue weighted by Crippen LogP contribution is -2.51. The standard InChI is InChI=1S/C11H23N3O5S/c1-11(2,20(4,17)18)10(15)14(7-8-19-3)6-5-9(12)13-16/h16H,5-8H2,1-4H3,(H2,12,13). The van der Waals surface area contributed by atoms with Gasteiger partial charge >= 0.3 is 0 Å². The molecule has 0 bridgehead atoms. The number of oxime groups is 1. The number of nitrogens with two attached hydrogens (primary N) is 1. The normalized spacial score (nSPS) is 13.3. The van der Waals surface area contributed by atoms with Crippen LogP contribution in [0.4, 0.5) is 0 Å². The molecule has 0 aliphatic carbocycles. The molecule has 0 atom stereocenters. The van der Waals surface area contributed by atoms with Crippen LogP contribution in [0.1, 0.15) is 20.3 Å². The van der Waals surface area contributed by atoms with Gasteiger partial charge in [0.25, 0.3) is 0 Å². The van der Waals surface area contributed by atoms with Crippen LogP contribution < -0.4 is 5.73 Å². The summed E-state index contributed by atoms with van der Waals surface area (Å²) in [7, 11) is -2.08. The Morgan fingerprint density at radius 3 is 2.35 bits per heavy atom. The molecule has 0 unspecified atom stereocenters. The van der Waals surface area contributed by atoms with Crippen LogP contribution in [0.3, 0.4) is 0 Å². The van der Waals surface area contributed by atoms with Gasteiger partial charge in [0.2, 0.25) is 5.91 Å². The van der Waals surface area contributed by atoms with Gasteiger partial charge in [0.15, 0.2) is 9.84 Å². The van der Waals surface area contributed by atoms with Crippen LogP contribution in [0.2, 0.25) is 0 Å². The highest BCUT2D eigenvalue weighted by Crippen LogP contribution is 2.18. The van der Waals surface area contributed by atoms with Crippen LogP contribution in [0.25, 0.3) is 0 Å². The molecule has 20 heavy (non-hydrogen) atoms. The lowest BCUT2D eigenvalue weighted by molar-refractivity contribution is -0.133. The summed E-state index contributed by atoms with van der Waals surface area (Å²) in [6.45, 7) is 3.35. The highest BCUT2D eigenvalue weighted by atomic mass is 32.2. The highest BCUT2D eigenvalue weighted by Gasteiger charge is 2.41. The van der Waals surface area contributed by atoms with Gasteiger partial charge in [-0.3, -0.25) is 4.79 Å². The molecule has 0 heterocycles. The van der Waals surface area contributed by atoms with E-state index in [-0.39, 0.29) is 32.0 Å². The zero-order valence-electron chi connectivity index (χ0n) is 12.3. The third-order valence-corrected chi connectivity index (χ3v) is 5.09. The molecule has 0 rings (SSSR count). The lowest BCUT2D eigenvalue weighted by Gasteiger charge is -2.30. The molecule has 0 aromatic heterocycles. The summed E-state index contributed by atoms with van der Waals surface area (Å²) in [5, 5.41) is 11.3. The van der Waals surface area contributed by atoms with Gasteiger partial charge in [-0.2, -0.15) is 0 Å². The fraction of sp³-hybridized carbons (Fsp3) is 0.818. The summed E-state index contributed by atoms with van der Waals surface area (Å²) in [6.07, 6.45) is 1.16. The zero-order valence-corrected chi connectivity index (χ0v) is 13.1. The zero-order chi connectivity index (χ0) is 16.0. The molecular weight excluding hydrogens is 286 g/mol. The van der Waals surface area contributed by atoms with E-state index in [4.69, 9.17) is 15.7 Å². The molecule has 0 radical (unpaired) electrons. The van der Waals surface area contributed by atoms with E-state index < -0.39 is 20.5 Å². The van der Waals surface area contributed by atoms with Crippen LogP contribution in [0.5, 0.6) is 0 Å². The van der Waals surface area contributed by atoms with Crippen molar-refractivity contribution in [3.05, 3.63) is 0 Å². The molecule has 0 saturated heterocycles. The molecule has 0 spiro atoms. The van der Waals surface area contributed by atoms with Crippen molar-refractivity contribution in [3.63, 3.8) is 0 Å². The van der Waals surface area contributed by atoms with Gasteiger partial charge in [0.05, 0.1) is 6.61 Å². The molecule has 0 aromatic carbocycles. The second-order valence-electron chi connectivity index (χ2n) is 4.91. The Balaban J connectivity index is 5.07. The predicted molar refractivity (Wildman–Crippen MR) is 75.4 cm³/mol. The average Bonchev–Trinajstić information content (AvgIpc) is 2.36. The van der Waals surface area contributed by atoms with Crippen molar-refractivity contribution in [2.45, 2.75) is 25.0 Å². The summed E-state index contributed by atoms with van der Waals surface area (Å²) in [4.78, 5) is 13.7. The Kier molecular flexibility index (Phi) is 6.94. The summed E-state index contributed by atoms with van der Waals surface area (Å²) in [6, 6.07) is 0. The van der Waals surface area contributed by atoms with Gasteiger partial charge in [-0.25, -0.2) is 8.42 Å². The smallest absolute Gasteiger partial charge is 0.243 e. The number of hydrogen-bond acceptors (Lipinski definition) is 6. The van der Waals surface area contributed by atoms with Crippen molar-refractivity contribution in [3.8, 4) is 0 Å². The van der Waals surface area contributed by atoms with Crippen LogP contribution >= 0.6 is 0 Å². The minimum absolute atomic E-state index is 0.0302. The summed E-state index contributed by atoms with van der Waals surface area (Å²) in [5.41, 5.74) is 5.36. The number of ether oxygens (including phenoxy) is 1. The number of methoxy groups -OCH3 is 1. The van der Waals surface area contributed by atoms with Crippen molar-refractivity contribution in [1.29, 1.82) is 0 Å². The van der Waals surface area contributed by atoms with Crippen molar-refractivity contribution < 1.29 is 23.2 Å². The average molecular weight is 309 g/mol. The summed E-state index contributed by atoms with van der Waals surface area (Å²) >= 11 is 0. The number of carbonyl (C=O) groups excluding carboxylic acids is 1. The van der Waals surface area contributed by atoms with Crippen molar-refractivity contribution >= 4 is 21.6 Å². The largest absolute Gasteiger partial charge is 0.409 e. The first kappa shape index (κ1) is 18.7. The maximum Gasteiger partial charge on any atom is 0.243 e. The Hall–Kier alpha value is -1.35. The molecule has 1 amide bonds. The Bertz CT molecular complexity index is 459. The molecule has 8 nitrogen and oxygen atoms in total. The minimum atomic E-state index is -3.56. The number of hydrogen-bond donors (Lipinski definition) is 2. The van der Waals surface area contributed by atoms with E-state index in [2.05, 4.69) is 5.16 Å². The van der Waals surface area contributed by atoms with E-state index in [1.165, 1.54) is 25.9 Å². The van der Waals surface area contributed by atoms with Gasteiger partial charge in [-0.15, -0.1) is 0 Å². The topological polar surface area (TPSA) is 122 Å². The summed E-state index contributed by atoms with van der Waals surface area (Å²) < 4.78 is 26.8. The maximum atomic E-state index is 12.4. The molecule has 0 saturated carbocycles. The van der Waals surface area contributed by atoms with Crippen LogP contribution in [0.15, 0.2) is 5.16 Å². The molecule has 9 heteroatoms. The maximum absolute atomic E-state index is 12.4. The second-order valence-corrected chi connectivity index (χ2v) is 7.47. The highest BCUT2D eigenvalue weighted by molar-refractivity contribution is 7.92. The van der Waals surface area contributed by atoms with Crippen LogP contribution in [0, 0.1) is 0 Å². The van der Waals surface area contributed by atoms with E-state index in [0.29, 0.717) is 0 Å². The summed E-state index contributed by atoms with van der Waals surface area (Å²) in [5.74, 6) is -0.569. The first-order valence-corrected chi connectivity index (χ1v) is 7.91. The molecule has 0 aliphatic heterocycles. The molecule has 3 N–H and O–H groups in total. The van der Waals surface area contributed by atoms with Crippen molar-refractivity contribution in [1.82, 2.24) is 4.90 Å². The Morgan fingerprint density at radius 1 is 1.40 bits per heavy atom. The monoisotopic (exact) mass is 309 g/mol. The number of nitrogens with zero attached hydrogens (tertiary/aromatic N) is 2. The van der Waals surface area contributed by atoms with Crippen LogP contribution in [-0.4, -0.2) is 68.1 Å². The second kappa shape index (κ2) is 7.44. The Labute approximate surface area is 119 Å². The lowest BCUT2D eigenvalue weighted by atomic mass is 10.1. The molecule has 0 fully saturated rings. The fourth-order valence-corrected chi connectivity index (χ4v) is 1.80. The van der Waals surface area contributed by atoms with E-state index in [1.807, 2.05) is 0 Å². The first-order valence-electron chi connectivity index (χ1n) is 6.02. The van der Waals surface area contributed by atoms with Crippen LogP contribution in [-0.2, 0) is 19.4 Å². The number of amidine groups is 1. The predicted octanol–water partition coefficient (Wildman–Crippen LogP) is -0.579. The van der Waals surface area contributed by atoms with E-state index >= 15 is 0 Å². The van der Waals surface area contributed by atoms with Gasteiger partial charge < -0.3 is 20.6 Å². The third kappa shape index (κ3) is 4.97. The van der Waals surface area contributed by atoms with E-state index in [1.54, 1.807) is 0 Å². The molecule has 118 valence electrons. The number of carbonyl (C=O) groups is 1. The number of sulfone groups is 1. The Morgan fingerprint density at radius 2 is 1.95 bits per heavy atom. The SMILES string of the molecule is COCCN(CCC(N)=NO)C(=O)C(C)(C)S(C)(=O)=O. The fourth-order valence-electron chi connectivity index (χ4n) is 1.36. The third-order valence-electron chi connectivity index (χ3n) is 3.06. The van der Waals surface area contributed by atoms with Gasteiger partial charge in [-0.1, -0.05) is 5.16 Å². The van der Waals surface area contributed by atoms with E-state index in [9.17, 15) is 13.2 Å². The molecular formula is C11H23N3O5S. The molecule has 0 aliphatic rings. The molecule has 0 aromatic rings. The number of amides is 1. The van der Waals surface area contributed by atoms with Gasteiger partial charge in [-0.05, 0) is 13.8 Å². The first-order chi connectivity index (χ1) is 9.07. The van der Waals surface area contributed by atoms with Crippen molar-refractivity contribution in [2.75, 3.05) is 33.1 Å². The van der Waals surface area contributed by atoms with E-state index in [0.717, 1.165) is 6.26 Å². The van der Waals surface area contributed by atoms with Gasteiger partial charge in [0, 0.05) is 32.9 Å². The van der Waals surface area contributed by atoms with Crippen molar-refractivity contribution in [2.24, 2.45) is 10.9 Å². The minimum Gasteiger partial charge on any atom is -0.409 e. The number of rotatable bonds is 8. The quantitative estimate of drug-likeness (QED) is 0.268.